The van der Waals surface area contributed by atoms with E-state index >= 15 is 0 Å². The zero-order chi connectivity index (χ0) is 16.6. The quantitative estimate of drug-likeness (QED) is 0.772. The van der Waals surface area contributed by atoms with E-state index in [0.717, 1.165) is 6.07 Å². The van der Waals surface area contributed by atoms with E-state index in [-0.39, 0.29) is 34.6 Å². The third-order valence-corrected chi connectivity index (χ3v) is 4.58. The van der Waals surface area contributed by atoms with Crippen LogP contribution in [0.25, 0.3) is 0 Å². The molecule has 23 heavy (non-hydrogen) atoms. The van der Waals surface area contributed by atoms with Crippen molar-refractivity contribution < 1.29 is 18.7 Å². The number of nitrogens with zero attached hydrogens (tertiary/aromatic N) is 2. The minimum Gasteiger partial charge on any atom is -0.461 e. The van der Waals surface area contributed by atoms with Gasteiger partial charge in [-0.15, -0.1) is 0 Å². The van der Waals surface area contributed by atoms with Gasteiger partial charge in [-0.25, -0.2) is 4.39 Å². The summed E-state index contributed by atoms with van der Waals surface area (Å²) in [5.41, 5.74) is 0.0248. The molecule has 1 amide bonds. The molecule has 2 aliphatic heterocycles. The Morgan fingerprint density at radius 2 is 2.00 bits per heavy atom. The van der Waals surface area contributed by atoms with Crippen LogP contribution in [0.5, 0.6) is 0 Å². The lowest BCUT2D eigenvalue weighted by atomic mass is 10.1. The summed E-state index contributed by atoms with van der Waals surface area (Å²) >= 11 is 5.71. The van der Waals surface area contributed by atoms with Crippen LogP contribution in [0.1, 0.15) is 23.7 Å². The van der Waals surface area contributed by atoms with Crippen molar-refractivity contribution in [1.82, 2.24) is 9.80 Å². The Balaban J connectivity index is 1.62. The number of benzene rings is 1. The summed E-state index contributed by atoms with van der Waals surface area (Å²) in [7, 11) is 0. The fourth-order valence-electron chi connectivity index (χ4n) is 3.10. The first-order valence-electron chi connectivity index (χ1n) is 7.64. The first kappa shape index (κ1) is 16.2. The highest BCUT2D eigenvalue weighted by molar-refractivity contribution is 6.30. The van der Waals surface area contributed by atoms with Crippen LogP contribution in [0.15, 0.2) is 18.2 Å². The van der Waals surface area contributed by atoms with Crippen molar-refractivity contribution in [2.24, 2.45) is 0 Å². The van der Waals surface area contributed by atoms with Crippen LogP contribution in [0.2, 0.25) is 5.02 Å². The Bertz CT molecular complexity index is 632. The van der Waals surface area contributed by atoms with Gasteiger partial charge in [-0.05, 0) is 25.1 Å². The van der Waals surface area contributed by atoms with Gasteiger partial charge in [0.25, 0.3) is 5.91 Å². The molecule has 2 aliphatic rings. The molecular formula is C16H18ClFN2O3. The monoisotopic (exact) mass is 340 g/mol. The van der Waals surface area contributed by atoms with Crippen LogP contribution in [-0.4, -0.2) is 60.0 Å². The van der Waals surface area contributed by atoms with E-state index < -0.39 is 5.82 Å². The second kappa shape index (κ2) is 6.45. The summed E-state index contributed by atoms with van der Waals surface area (Å²) in [4.78, 5) is 27.8. The summed E-state index contributed by atoms with van der Waals surface area (Å²) in [5.74, 6) is -1.15. The molecule has 0 N–H and O–H groups in total. The SMILES string of the molecule is C[C@@H]1C[C@H](N2CCN(C(=O)c3ccc(Cl)cc3F)CC2)C(=O)O1. The van der Waals surface area contributed by atoms with Gasteiger partial charge in [-0.1, -0.05) is 11.6 Å². The highest BCUT2D eigenvalue weighted by Gasteiger charge is 2.38. The number of hydrogen-bond acceptors (Lipinski definition) is 4. The standard InChI is InChI=1S/C16H18ClFN2O3/c1-10-8-14(16(22)23-10)19-4-6-20(7-5-19)15(21)12-3-2-11(17)9-13(12)18/h2-3,9-10,14H,4-8H2,1H3/t10-,14+/m1/s1. The molecule has 0 spiro atoms. The lowest BCUT2D eigenvalue weighted by Crippen LogP contribution is -2.53. The number of carbonyl (C=O) groups is 2. The maximum absolute atomic E-state index is 13.9. The summed E-state index contributed by atoms with van der Waals surface area (Å²) in [6, 6.07) is 3.82. The first-order valence-corrected chi connectivity index (χ1v) is 8.02. The summed E-state index contributed by atoms with van der Waals surface area (Å²) in [5, 5.41) is 0.262. The van der Waals surface area contributed by atoms with Gasteiger partial charge in [-0.3, -0.25) is 14.5 Å². The average molecular weight is 341 g/mol. The van der Waals surface area contributed by atoms with Crippen molar-refractivity contribution in [3.63, 3.8) is 0 Å². The molecule has 0 unspecified atom stereocenters. The third-order valence-electron chi connectivity index (χ3n) is 4.35. The summed E-state index contributed by atoms with van der Waals surface area (Å²) < 4.78 is 19.0. The molecule has 0 aliphatic carbocycles. The highest BCUT2D eigenvalue weighted by atomic mass is 35.5. The number of hydrogen-bond donors (Lipinski definition) is 0. The summed E-state index contributed by atoms with van der Waals surface area (Å²) in [6.45, 7) is 3.94. The molecule has 1 aromatic rings. The van der Waals surface area contributed by atoms with Crippen LogP contribution >= 0.6 is 11.6 Å². The van der Waals surface area contributed by atoms with Crippen molar-refractivity contribution in [2.75, 3.05) is 26.2 Å². The van der Waals surface area contributed by atoms with Crippen molar-refractivity contribution in [1.29, 1.82) is 0 Å². The van der Waals surface area contributed by atoms with Gasteiger partial charge in [0, 0.05) is 37.6 Å². The molecule has 3 rings (SSSR count). The third kappa shape index (κ3) is 3.33. The molecule has 1 aromatic carbocycles. The molecule has 0 bridgehead atoms. The molecule has 2 atom stereocenters. The Labute approximate surface area is 138 Å². The number of ether oxygens (including phenoxy) is 1. The Morgan fingerprint density at radius 1 is 1.30 bits per heavy atom. The molecule has 124 valence electrons. The van der Waals surface area contributed by atoms with Crippen LogP contribution in [0.3, 0.4) is 0 Å². The summed E-state index contributed by atoms with van der Waals surface area (Å²) in [6.07, 6.45) is 0.619. The maximum Gasteiger partial charge on any atom is 0.323 e. The normalized spacial score (nSPS) is 25.5. The van der Waals surface area contributed by atoms with Crippen LogP contribution in [-0.2, 0) is 9.53 Å². The molecule has 0 aromatic heterocycles. The van der Waals surface area contributed by atoms with Gasteiger partial charge in [0.2, 0.25) is 0 Å². The Hall–Kier alpha value is -1.66. The molecular weight excluding hydrogens is 323 g/mol. The second-order valence-corrected chi connectivity index (χ2v) is 6.39. The molecule has 2 heterocycles. The van der Waals surface area contributed by atoms with Crippen molar-refractivity contribution in [3.8, 4) is 0 Å². The number of piperazine rings is 1. The number of halogens is 2. The van der Waals surface area contributed by atoms with E-state index in [0.29, 0.717) is 32.6 Å². The van der Waals surface area contributed by atoms with Gasteiger partial charge >= 0.3 is 5.97 Å². The Kier molecular flexibility index (Phi) is 4.55. The zero-order valence-electron chi connectivity index (χ0n) is 12.8. The molecule has 2 fully saturated rings. The smallest absolute Gasteiger partial charge is 0.323 e. The molecule has 0 saturated carbocycles. The number of amides is 1. The predicted octanol–water partition coefficient (Wildman–Crippen LogP) is 1.94. The maximum atomic E-state index is 13.9. The Morgan fingerprint density at radius 3 is 2.57 bits per heavy atom. The van der Waals surface area contributed by atoms with Crippen LogP contribution in [0, 0.1) is 5.82 Å². The molecule has 7 heteroatoms. The van der Waals surface area contributed by atoms with Gasteiger partial charge in [0.1, 0.15) is 18.0 Å². The van der Waals surface area contributed by atoms with E-state index in [1.54, 1.807) is 4.90 Å². The van der Waals surface area contributed by atoms with Crippen molar-refractivity contribution in [2.45, 2.75) is 25.5 Å². The van der Waals surface area contributed by atoms with Crippen LogP contribution < -0.4 is 0 Å². The zero-order valence-corrected chi connectivity index (χ0v) is 13.6. The molecule has 5 nitrogen and oxygen atoms in total. The second-order valence-electron chi connectivity index (χ2n) is 5.95. The molecule has 0 radical (unpaired) electrons. The molecule has 2 saturated heterocycles. The van der Waals surface area contributed by atoms with Crippen molar-refractivity contribution in [3.05, 3.63) is 34.6 Å². The largest absolute Gasteiger partial charge is 0.461 e. The van der Waals surface area contributed by atoms with E-state index in [1.165, 1.54) is 12.1 Å². The minimum absolute atomic E-state index is 0.0248. The fourth-order valence-corrected chi connectivity index (χ4v) is 3.26. The number of rotatable bonds is 2. The number of cyclic esters (lactones) is 1. The average Bonchev–Trinajstić information content (AvgIpc) is 2.85. The van der Waals surface area contributed by atoms with E-state index in [1.807, 2.05) is 11.8 Å². The predicted molar refractivity (Wildman–Crippen MR) is 82.8 cm³/mol. The van der Waals surface area contributed by atoms with E-state index in [2.05, 4.69) is 0 Å². The fraction of sp³-hybridized carbons (Fsp3) is 0.500. The van der Waals surface area contributed by atoms with Gasteiger partial charge in [0.15, 0.2) is 0 Å². The topological polar surface area (TPSA) is 49.9 Å². The van der Waals surface area contributed by atoms with E-state index in [9.17, 15) is 14.0 Å². The van der Waals surface area contributed by atoms with Gasteiger partial charge in [-0.2, -0.15) is 0 Å². The van der Waals surface area contributed by atoms with Gasteiger partial charge < -0.3 is 9.64 Å². The number of carbonyl (C=O) groups excluding carboxylic acids is 2. The lowest BCUT2D eigenvalue weighted by Gasteiger charge is -2.36. The first-order chi connectivity index (χ1) is 11.0. The number of esters is 1. The highest BCUT2D eigenvalue weighted by Crippen LogP contribution is 2.22. The lowest BCUT2D eigenvalue weighted by molar-refractivity contribution is -0.145. The minimum atomic E-state index is -0.613. The van der Waals surface area contributed by atoms with E-state index in [4.69, 9.17) is 16.3 Å². The van der Waals surface area contributed by atoms with Crippen molar-refractivity contribution >= 4 is 23.5 Å². The van der Waals surface area contributed by atoms with Gasteiger partial charge in [0.05, 0.1) is 5.56 Å². The van der Waals surface area contributed by atoms with Crippen LogP contribution in [0.4, 0.5) is 4.39 Å².